The molecule has 8 nitrogen and oxygen atoms in total. The van der Waals surface area contributed by atoms with E-state index in [1.165, 1.54) is 16.8 Å². The van der Waals surface area contributed by atoms with Crippen LogP contribution in [0.15, 0.2) is 29.4 Å². The van der Waals surface area contributed by atoms with Crippen molar-refractivity contribution in [2.45, 2.75) is 37.8 Å². The first-order valence-corrected chi connectivity index (χ1v) is 9.02. The fourth-order valence-corrected chi connectivity index (χ4v) is 2.67. The van der Waals surface area contributed by atoms with Crippen LogP contribution in [0.25, 0.3) is 5.69 Å². The molecule has 2 rings (SSSR count). The van der Waals surface area contributed by atoms with Gasteiger partial charge in [-0.2, -0.15) is 9.94 Å². The number of nitrogens with one attached hydrogen (secondary N) is 1. The molecule has 0 saturated heterocycles. The molecule has 0 aliphatic rings. The summed E-state index contributed by atoms with van der Waals surface area (Å²) in [6.45, 7) is 5.28. The van der Waals surface area contributed by atoms with E-state index in [-0.39, 0.29) is 28.5 Å². The average molecular weight is 414 g/mol. The number of thioether (sulfide) groups is 1. The molecule has 0 fully saturated rings. The summed E-state index contributed by atoms with van der Waals surface area (Å²) in [6.07, 6.45) is -4.78. The van der Waals surface area contributed by atoms with Crippen molar-refractivity contribution in [1.82, 2.24) is 25.5 Å². The molecule has 0 aliphatic heterocycles. The number of alkyl halides is 3. The first-order chi connectivity index (χ1) is 13.0. The van der Waals surface area contributed by atoms with E-state index in [4.69, 9.17) is 0 Å². The Labute approximate surface area is 163 Å². The van der Waals surface area contributed by atoms with Crippen LogP contribution in [0.2, 0.25) is 0 Å². The molecule has 1 amide bonds. The Hall–Kier alpha value is -2.81. The maximum absolute atomic E-state index is 12.2. The first-order valence-electron chi connectivity index (χ1n) is 8.03. The van der Waals surface area contributed by atoms with E-state index in [2.05, 4.69) is 31.6 Å². The zero-order valence-corrected chi connectivity index (χ0v) is 16.0. The summed E-state index contributed by atoms with van der Waals surface area (Å²) in [5.41, 5.74) is -0.607. The van der Waals surface area contributed by atoms with Crippen molar-refractivity contribution >= 4 is 17.7 Å². The Balaban J connectivity index is 2.04. The maximum atomic E-state index is 12.2. The Bertz CT molecular complexity index is 862. The second-order valence-electron chi connectivity index (χ2n) is 6.22. The molecule has 12 heteroatoms. The van der Waals surface area contributed by atoms with Crippen molar-refractivity contribution in [3.05, 3.63) is 24.3 Å². The Kier molecular flexibility index (Phi) is 6.50. The number of nitriles is 1. The van der Waals surface area contributed by atoms with E-state index < -0.39 is 11.9 Å². The standard InChI is InChI=1S/C16H17F3N6O2S/c1-10(2)15(3,9-20)21-13(26)8-28-14-22-23-24-25(14)11-4-6-12(7-5-11)27-16(17,18)19/h4-7,10H,8H2,1-3H3,(H,21,26)/t15-/m0/s1. The minimum absolute atomic E-state index is 0.0420. The predicted octanol–water partition coefficient (Wildman–Crippen LogP) is 2.71. The third kappa shape index (κ3) is 5.59. The van der Waals surface area contributed by atoms with E-state index in [0.717, 1.165) is 23.9 Å². The van der Waals surface area contributed by atoms with Crippen LogP contribution in [0, 0.1) is 17.2 Å². The number of carbonyl (C=O) groups is 1. The highest BCUT2D eigenvalue weighted by Gasteiger charge is 2.31. The number of tetrazole rings is 1. The molecular weight excluding hydrogens is 397 g/mol. The van der Waals surface area contributed by atoms with Crippen molar-refractivity contribution in [2.24, 2.45) is 5.92 Å². The molecule has 0 radical (unpaired) electrons. The number of aromatic nitrogens is 4. The lowest BCUT2D eigenvalue weighted by Gasteiger charge is -2.27. The molecule has 0 aliphatic carbocycles. The zero-order valence-electron chi connectivity index (χ0n) is 15.2. The van der Waals surface area contributed by atoms with Crippen LogP contribution in [0.3, 0.4) is 0 Å². The minimum atomic E-state index is -4.78. The Morgan fingerprint density at radius 2 is 2.00 bits per heavy atom. The molecule has 1 heterocycles. The van der Waals surface area contributed by atoms with E-state index in [9.17, 15) is 23.2 Å². The third-order valence-corrected chi connectivity index (χ3v) is 4.79. The molecule has 0 saturated carbocycles. The van der Waals surface area contributed by atoms with Gasteiger partial charge in [-0.05, 0) is 47.5 Å². The van der Waals surface area contributed by atoms with Crippen LogP contribution in [0.1, 0.15) is 20.8 Å². The van der Waals surface area contributed by atoms with Gasteiger partial charge in [0.15, 0.2) is 0 Å². The van der Waals surface area contributed by atoms with E-state index in [1.54, 1.807) is 6.92 Å². The molecule has 1 aromatic carbocycles. The minimum Gasteiger partial charge on any atom is -0.406 e. The molecule has 1 N–H and O–H groups in total. The van der Waals surface area contributed by atoms with Crippen molar-refractivity contribution in [3.8, 4) is 17.5 Å². The predicted molar refractivity (Wildman–Crippen MR) is 93.6 cm³/mol. The Morgan fingerprint density at radius 3 is 2.54 bits per heavy atom. The lowest BCUT2D eigenvalue weighted by Crippen LogP contribution is -2.49. The van der Waals surface area contributed by atoms with Crippen molar-refractivity contribution in [2.75, 3.05) is 5.75 Å². The van der Waals surface area contributed by atoms with Gasteiger partial charge >= 0.3 is 6.36 Å². The molecule has 1 atom stereocenters. The fourth-order valence-electron chi connectivity index (χ4n) is 1.98. The van der Waals surface area contributed by atoms with Gasteiger partial charge in [0.05, 0.1) is 17.5 Å². The normalized spacial score (nSPS) is 13.6. The number of ether oxygens (including phenoxy) is 1. The summed E-state index contributed by atoms with van der Waals surface area (Å²) in [5, 5.41) is 23.3. The van der Waals surface area contributed by atoms with Gasteiger partial charge in [-0.1, -0.05) is 25.6 Å². The van der Waals surface area contributed by atoms with E-state index >= 15 is 0 Å². The van der Waals surface area contributed by atoms with Gasteiger partial charge in [-0.3, -0.25) is 4.79 Å². The van der Waals surface area contributed by atoms with Gasteiger partial charge in [0.2, 0.25) is 11.1 Å². The number of amides is 1. The van der Waals surface area contributed by atoms with Crippen molar-refractivity contribution < 1.29 is 22.7 Å². The van der Waals surface area contributed by atoms with Crippen molar-refractivity contribution in [3.63, 3.8) is 0 Å². The molecule has 28 heavy (non-hydrogen) atoms. The first kappa shape index (κ1) is 21.5. The van der Waals surface area contributed by atoms with E-state index in [1.807, 2.05) is 13.8 Å². The van der Waals surface area contributed by atoms with Gasteiger partial charge in [0.25, 0.3) is 0 Å². The number of hydrogen-bond donors (Lipinski definition) is 1. The molecular formula is C16H17F3N6O2S. The monoisotopic (exact) mass is 414 g/mol. The third-order valence-electron chi connectivity index (χ3n) is 3.87. The summed E-state index contributed by atoms with van der Waals surface area (Å²) in [7, 11) is 0. The number of hydrogen-bond acceptors (Lipinski definition) is 7. The number of halogens is 3. The smallest absolute Gasteiger partial charge is 0.406 e. The van der Waals surface area contributed by atoms with Gasteiger partial charge in [0.1, 0.15) is 11.3 Å². The number of rotatable bonds is 7. The largest absolute Gasteiger partial charge is 0.573 e. The molecule has 0 unspecified atom stereocenters. The molecule has 0 spiro atoms. The summed E-state index contributed by atoms with van der Waals surface area (Å²) < 4.78 is 41.8. The average Bonchev–Trinajstić information content (AvgIpc) is 3.07. The second kappa shape index (κ2) is 8.47. The lowest BCUT2D eigenvalue weighted by molar-refractivity contribution is -0.274. The highest BCUT2D eigenvalue weighted by Crippen LogP contribution is 2.25. The molecule has 150 valence electrons. The molecule has 2 aromatic rings. The molecule has 1 aromatic heterocycles. The highest BCUT2D eigenvalue weighted by atomic mass is 32.2. The lowest BCUT2D eigenvalue weighted by atomic mass is 9.90. The zero-order chi connectivity index (χ0) is 20.9. The van der Waals surface area contributed by atoms with Crippen molar-refractivity contribution in [1.29, 1.82) is 5.26 Å². The number of nitrogens with zero attached hydrogens (tertiary/aromatic N) is 5. The van der Waals surface area contributed by atoms with Crippen LogP contribution < -0.4 is 10.1 Å². The number of carbonyl (C=O) groups excluding carboxylic acids is 1. The summed E-state index contributed by atoms with van der Waals surface area (Å²) in [4.78, 5) is 12.2. The summed E-state index contributed by atoms with van der Waals surface area (Å²) in [6, 6.07) is 7.05. The highest BCUT2D eigenvalue weighted by molar-refractivity contribution is 7.99. The summed E-state index contributed by atoms with van der Waals surface area (Å²) >= 11 is 1.03. The van der Waals surface area contributed by atoms with E-state index in [0.29, 0.717) is 5.69 Å². The van der Waals surface area contributed by atoms with Gasteiger partial charge in [-0.25, -0.2) is 0 Å². The quantitative estimate of drug-likeness (QED) is 0.695. The van der Waals surface area contributed by atoms with Crippen LogP contribution in [-0.2, 0) is 4.79 Å². The van der Waals surface area contributed by atoms with Crippen LogP contribution in [-0.4, -0.2) is 43.8 Å². The van der Waals surface area contributed by atoms with Gasteiger partial charge < -0.3 is 10.1 Å². The van der Waals surface area contributed by atoms with Crippen LogP contribution >= 0.6 is 11.8 Å². The fraction of sp³-hybridized carbons (Fsp3) is 0.438. The summed E-state index contributed by atoms with van der Waals surface area (Å²) in [5.74, 6) is -0.873. The van der Waals surface area contributed by atoms with Gasteiger partial charge in [0, 0.05) is 0 Å². The maximum Gasteiger partial charge on any atom is 0.573 e. The second-order valence-corrected chi connectivity index (χ2v) is 7.16. The Morgan fingerprint density at radius 1 is 1.36 bits per heavy atom. The van der Waals surface area contributed by atoms with Crippen LogP contribution in [0.5, 0.6) is 5.75 Å². The molecule has 0 bridgehead atoms. The topological polar surface area (TPSA) is 106 Å². The number of benzene rings is 1. The van der Waals surface area contributed by atoms with Crippen LogP contribution in [0.4, 0.5) is 13.2 Å². The SMILES string of the molecule is CC(C)[C@](C)(C#N)NC(=O)CSc1nnnn1-c1ccc(OC(F)(F)F)cc1. The van der Waals surface area contributed by atoms with Gasteiger partial charge in [-0.15, -0.1) is 18.3 Å².